The van der Waals surface area contributed by atoms with Gasteiger partial charge in [0.2, 0.25) is 0 Å². The number of hydrogen-bond acceptors (Lipinski definition) is 3. The molecular weight excluding hydrogens is 371 g/mol. The Balaban J connectivity index is 1.50. The fraction of sp³-hybridized carbons (Fsp3) is 0.400. The van der Waals surface area contributed by atoms with Crippen LogP contribution in [0.15, 0.2) is 36.5 Å². The van der Waals surface area contributed by atoms with Crippen LogP contribution < -0.4 is 5.32 Å². The minimum absolute atomic E-state index is 0.0911. The van der Waals surface area contributed by atoms with E-state index in [2.05, 4.69) is 10.3 Å². The third-order valence-electron chi connectivity index (χ3n) is 4.83. The van der Waals surface area contributed by atoms with Crippen molar-refractivity contribution in [1.29, 1.82) is 0 Å². The monoisotopic (exact) mass is 392 g/mol. The van der Waals surface area contributed by atoms with Crippen LogP contribution in [0.5, 0.6) is 0 Å². The average molecular weight is 393 g/mol. The molecule has 0 radical (unpaired) electrons. The van der Waals surface area contributed by atoms with Crippen molar-refractivity contribution in [3.63, 3.8) is 0 Å². The molecule has 0 saturated carbocycles. The van der Waals surface area contributed by atoms with Gasteiger partial charge in [0.1, 0.15) is 11.5 Å². The topological polar surface area (TPSA) is 45.2 Å². The van der Waals surface area contributed by atoms with Crippen LogP contribution in [-0.2, 0) is 6.54 Å². The zero-order valence-electron chi connectivity index (χ0n) is 15.1. The normalized spacial score (nSPS) is 16.4. The Hall–Kier alpha value is -2.05. The van der Waals surface area contributed by atoms with Crippen LogP contribution in [0.25, 0.3) is 0 Å². The van der Waals surface area contributed by atoms with E-state index in [0.717, 1.165) is 11.3 Å². The van der Waals surface area contributed by atoms with Crippen LogP contribution in [0, 0.1) is 12.7 Å². The molecule has 1 aromatic carbocycles. The molecule has 2 heterocycles. The van der Waals surface area contributed by atoms with Gasteiger partial charge < -0.3 is 10.2 Å². The number of aryl methyl sites for hydroxylation is 1. The molecular formula is C20H22ClF2N3O. The van der Waals surface area contributed by atoms with Gasteiger partial charge in [0.05, 0.1) is 10.7 Å². The van der Waals surface area contributed by atoms with Crippen LogP contribution in [0.4, 0.5) is 8.78 Å². The maximum Gasteiger partial charge on any atom is 0.253 e. The smallest absolute Gasteiger partial charge is 0.253 e. The number of likely N-dealkylation sites (tertiary alicyclic amines) is 1. The molecule has 27 heavy (non-hydrogen) atoms. The van der Waals surface area contributed by atoms with E-state index in [4.69, 9.17) is 11.6 Å². The molecule has 0 atom stereocenters. The van der Waals surface area contributed by atoms with Crippen LogP contribution in [0.2, 0.25) is 5.02 Å². The van der Waals surface area contributed by atoms with Crippen molar-refractivity contribution in [2.45, 2.75) is 32.0 Å². The third kappa shape index (κ3) is 5.02. The lowest BCUT2D eigenvalue weighted by atomic mass is 9.92. The number of halogens is 3. The van der Waals surface area contributed by atoms with Crippen molar-refractivity contribution < 1.29 is 13.6 Å². The second-order valence-corrected chi connectivity index (χ2v) is 7.41. The predicted octanol–water partition coefficient (Wildman–Crippen LogP) is 3.92. The Morgan fingerprint density at radius 2 is 2.04 bits per heavy atom. The second kappa shape index (κ2) is 8.31. The van der Waals surface area contributed by atoms with Crippen molar-refractivity contribution in [3.05, 3.63) is 64.2 Å². The summed E-state index contributed by atoms with van der Waals surface area (Å²) in [5.74, 6) is -0.820. The number of nitrogens with one attached hydrogen (secondary N) is 1. The molecule has 1 N–H and O–H groups in total. The highest BCUT2D eigenvalue weighted by Gasteiger charge is 2.35. The number of amides is 1. The summed E-state index contributed by atoms with van der Waals surface area (Å²) < 4.78 is 28.3. The zero-order chi connectivity index (χ0) is 19.4. The van der Waals surface area contributed by atoms with Gasteiger partial charge in [-0.15, -0.1) is 0 Å². The summed E-state index contributed by atoms with van der Waals surface area (Å²) in [4.78, 5) is 18.4. The Kier molecular flexibility index (Phi) is 6.07. The molecule has 0 spiro atoms. The van der Waals surface area contributed by atoms with Gasteiger partial charge in [0.15, 0.2) is 0 Å². The van der Waals surface area contributed by atoms with E-state index >= 15 is 4.39 Å². The van der Waals surface area contributed by atoms with E-state index < -0.39 is 11.5 Å². The van der Waals surface area contributed by atoms with E-state index in [1.165, 1.54) is 18.2 Å². The lowest BCUT2D eigenvalue weighted by molar-refractivity contribution is 0.0434. The number of hydrogen-bond donors (Lipinski definition) is 1. The molecule has 1 saturated heterocycles. The van der Waals surface area contributed by atoms with E-state index in [9.17, 15) is 9.18 Å². The second-order valence-electron chi connectivity index (χ2n) is 7.00. The number of aromatic nitrogens is 1. The van der Waals surface area contributed by atoms with Crippen molar-refractivity contribution in [2.24, 2.45) is 0 Å². The first-order chi connectivity index (χ1) is 12.9. The van der Waals surface area contributed by atoms with Gasteiger partial charge >= 0.3 is 0 Å². The Labute approximate surface area is 162 Å². The molecule has 3 rings (SSSR count). The van der Waals surface area contributed by atoms with Gasteiger partial charge in [-0.05, 0) is 36.8 Å². The van der Waals surface area contributed by atoms with Gasteiger partial charge in [-0.2, -0.15) is 0 Å². The molecule has 144 valence electrons. The SMILES string of the molecule is Cc1ccc(CNCC2(F)CCN(C(=O)c3ccc([18F])c(Cl)c3)CC2)nc1. The third-order valence-corrected chi connectivity index (χ3v) is 5.12. The van der Waals surface area contributed by atoms with Crippen LogP contribution in [0.1, 0.15) is 34.5 Å². The quantitative estimate of drug-likeness (QED) is 0.838. The van der Waals surface area contributed by atoms with Crippen molar-refractivity contribution >= 4 is 17.5 Å². The summed E-state index contributed by atoms with van der Waals surface area (Å²) in [6.07, 6.45) is 2.29. The lowest BCUT2D eigenvalue weighted by Gasteiger charge is -2.36. The summed E-state index contributed by atoms with van der Waals surface area (Å²) in [5, 5.41) is 3.03. The number of rotatable bonds is 5. The minimum atomic E-state index is -1.36. The summed E-state index contributed by atoms with van der Waals surface area (Å²) in [5.41, 5.74) is 0.906. The van der Waals surface area contributed by atoms with E-state index in [-0.39, 0.29) is 30.3 Å². The zero-order valence-corrected chi connectivity index (χ0v) is 15.9. The molecule has 1 amide bonds. The number of pyridine rings is 1. The van der Waals surface area contributed by atoms with Crippen LogP contribution >= 0.6 is 11.6 Å². The van der Waals surface area contributed by atoms with Crippen molar-refractivity contribution in [2.75, 3.05) is 19.6 Å². The maximum atomic E-state index is 15.0. The standard InChI is InChI=1S/C20H22ClF2N3O/c1-14-2-4-16(25-11-14)12-24-13-20(23)6-8-26(9-7-20)19(27)15-3-5-18(22)17(21)10-15/h2-5,10-11,24H,6-9,12-13H2,1H3/i22-1. The summed E-state index contributed by atoms with van der Waals surface area (Å²) in [7, 11) is 0. The number of carbonyl (C=O) groups excluding carboxylic acids is 1. The molecule has 2 aromatic rings. The summed E-state index contributed by atoms with van der Waals surface area (Å²) in [6, 6.07) is 7.77. The largest absolute Gasteiger partial charge is 0.338 e. The lowest BCUT2D eigenvalue weighted by Crippen LogP contribution is -2.48. The predicted molar refractivity (Wildman–Crippen MR) is 101 cm³/mol. The molecule has 1 aromatic heterocycles. The fourth-order valence-corrected chi connectivity index (χ4v) is 3.30. The molecule has 0 aliphatic carbocycles. The number of alkyl halides is 1. The van der Waals surface area contributed by atoms with E-state index in [1.54, 1.807) is 11.1 Å². The van der Waals surface area contributed by atoms with Gasteiger partial charge in [-0.25, -0.2) is 8.78 Å². The van der Waals surface area contributed by atoms with Gasteiger partial charge in [0, 0.05) is 50.8 Å². The van der Waals surface area contributed by atoms with Gasteiger partial charge in [-0.1, -0.05) is 17.7 Å². The van der Waals surface area contributed by atoms with Crippen molar-refractivity contribution in [3.8, 4) is 0 Å². The highest BCUT2D eigenvalue weighted by molar-refractivity contribution is 6.31. The maximum absolute atomic E-state index is 15.0. The molecule has 7 heteroatoms. The highest BCUT2D eigenvalue weighted by atomic mass is 35.5. The first-order valence-corrected chi connectivity index (χ1v) is 9.30. The van der Waals surface area contributed by atoms with Crippen LogP contribution in [0.3, 0.4) is 0 Å². The molecule has 1 aliphatic rings. The number of carbonyl (C=O) groups is 1. The molecule has 1 aliphatic heterocycles. The number of benzene rings is 1. The first kappa shape index (κ1) is 19.7. The molecule has 0 bridgehead atoms. The van der Waals surface area contributed by atoms with Gasteiger partial charge in [-0.3, -0.25) is 9.78 Å². The Morgan fingerprint density at radius 3 is 2.67 bits per heavy atom. The summed E-state index contributed by atoms with van der Waals surface area (Å²) >= 11 is 5.74. The van der Waals surface area contributed by atoms with Crippen LogP contribution in [-0.4, -0.2) is 41.1 Å². The average Bonchev–Trinajstić information content (AvgIpc) is 2.66. The first-order valence-electron chi connectivity index (χ1n) is 8.92. The minimum Gasteiger partial charge on any atom is -0.338 e. The summed E-state index contributed by atoms with van der Waals surface area (Å²) in [6.45, 7) is 3.31. The van der Waals surface area contributed by atoms with E-state index in [0.29, 0.717) is 25.2 Å². The molecule has 1 fully saturated rings. The Morgan fingerprint density at radius 1 is 1.30 bits per heavy atom. The van der Waals surface area contributed by atoms with Crippen molar-refractivity contribution in [1.82, 2.24) is 15.2 Å². The van der Waals surface area contributed by atoms with Gasteiger partial charge in [0.25, 0.3) is 5.91 Å². The molecule has 4 nitrogen and oxygen atoms in total. The fourth-order valence-electron chi connectivity index (χ4n) is 3.12. The van der Waals surface area contributed by atoms with E-state index in [1.807, 2.05) is 19.1 Å². The number of piperidine rings is 1. The number of nitrogens with zero attached hydrogens (tertiary/aromatic N) is 2. The molecule has 0 unspecified atom stereocenters. The highest BCUT2D eigenvalue weighted by Crippen LogP contribution is 2.27. The Bertz CT molecular complexity index is 805.